The minimum Gasteiger partial charge on any atom is -0.344 e. The summed E-state index contributed by atoms with van der Waals surface area (Å²) in [5.74, 6) is 1.33. The molecule has 1 aliphatic heterocycles. The number of rotatable bonds is 4. The van der Waals surface area contributed by atoms with Gasteiger partial charge in [0.25, 0.3) is 0 Å². The summed E-state index contributed by atoms with van der Waals surface area (Å²) in [6, 6.07) is 8.28. The number of hydrogen-bond acceptors (Lipinski definition) is 3. The molecule has 0 aliphatic carbocycles. The van der Waals surface area contributed by atoms with Gasteiger partial charge in [0.2, 0.25) is 5.91 Å². The maximum atomic E-state index is 12.5. The molecular formula is C14H20N2OS. The van der Waals surface area contributed by atoms with Crippen LogP contribution in [0, 0.1) is 0 Å². The summed E-state index contributed by atoms with van der Waals surface area (Å²) in [6.07, 6.45) is 0.949. The maximum absolute atomic E-state index is 12.5. The number of thioether (sulfide) groups is 1. The van der Waals surface area contributed by atoms with Gasteiger partial charge in [-0.05, 0) is 30.9 Å². The molecule has 1 N–H and O–H groups in total. The Labute approximate surface area is 113 Å². The number of amides is 1. The fraction of sp³-hybridized carbons (Fsp3) is 0.500. The van der Waals surface area contributed by atoms with Crippen LogP contribution in [0.5, 0.6) is 0 Å². The Morgan fingerprint density at radius 3 is 3.06 bits per heavy atom. The van der Waals surface area contributed by atoms with Crippen molar-refractivity contribution < 1.29 is 4.79 Å². The lowest BCUT2D eigenvalue weighted by Gasteiger charge is -2.28. The molecule has 0 fully saturated rings. The quantitative estimate of drug-likeness (QED) is 0.902. The summed E-state index contributed by atoms with van der Waals surface area (Å²) in [4.78, 5) is 15.6. The van der Waals surface area contributed by atoms with E-state index in [2.05, 4.69) is 17.4 Å². The van der Waals surface area contributed by atoms with Crippen molar-refractivity contribution in [2.45, 2.75) is 17.2 Å². The van der Waals surface area contributed by atoms with Crippen molar-refractivity contribution in [2.24, 2.45) is 0 Å². The van der Waals surface area contributed by atoms with Gasteiger partial charge in [-0.15, -0.1) is 11.8 Å². The topological polar surface area (TPSA) is 32.3 Å². The normalized spacial score (nSPS) is 18.2. The Balaban J connectivity index is 2.12. The molecule has 0 bridgehead atoms. The number of carbonyl (C=O) groups is 1. The highest BCUT2D eigenvalue weighted by Crippen LogP contribution is 2.37. The lowest BCUT2D eigenvalue weighted by atomic mass is 9.94. The van der Waals surface area contributed by atoms with Crippen molar-refractivity contribution >= 4 is 17.7 Å². The molecule has 2 rings (SSSR count). The molecule has 3 nitrogen and oxygen atoms in total. The second-order valence-corrected chi connectivity index (χ2v) is 5.73. The van der Waals surface area contributed by atoms with Crippen LogP contribution < -0.4 is 5.32 Å². The van der Waals surface area contributed by atoms with E-state index in [1.165, 1.54) is 10.5 Å². The van der Waals surface area contributed by atoms with E-state index in [9.17, 15) is 4.79 Å². The number of likely N-dealkylation sites (N-methyl/N-ethyl adjacent to an activating group) is 2. The van der Waals surface area contributed by atoms with Gasteiger partial charge in [-0.25, -0.2) is 0 Å². The fourth-order valence-corrected chi connectivity index (χ4v) is 3.38. The van der Waals surface area contributed by atoms with Gasteiger partial charge >= 0.3 is 0 Å². The molecule has 0 saturated carbocycles. The van der Waals surface area contributed by atoms with Gasteiger partial charge in [0.1, 0.15) is 0 Å². The monoisotopic (exact) mass is 264 g/mol. The SMILES string of the molecule is CNCCN(C)C(=O)C1CCSc2ccccc21. The van der Waals surface area contributed by atoms with E-state index in [1.54, 1.807) is 0 Å². The Kier molecular flexibility index (Phi) is 4.66. The van der Waals surface area contributed by atoms with Crippen molar-refractivity contribution in [3.8, 4) is 0 Å². The van der Waals surface area contributed by atoms with Crippen LogP contribution in [0.2, 0.25) is 0 Å². The van der Waals surface area contributed by atoms with Crippen LogP contribution in [0.3, 0.4) is 0 Å². The van der Waals surface area contributed by atoms with E-state index >= 15 is 0 Å². The van der Waals surface area contributed by atoms with Crippen LogP contribution in [-0.4, -0.2) is 43.7 Å². The lowest BCUT2D eigenvalue weighted by molar-refractivity contribution is -0.131. The summed E-state index contributed by atoms with van der Waals surface area (Å²) < 4.78 is 0. The number of carbonyl (C=O) groups excluding carboxylic acids is 1. The molecule has 1 unspecified atom stereocenters. The van der Waals surface area contributed by atoms with E-state index in [0.717, 1.165) is 25.3 Å². The highest BCUT2D eigenvalue weighted by atomic mass is 32.2. The predicted molar refractivity (Wildman–Crippen MR) is 76.1 cm³/mol. The minimum atomic E-state index is 0.0457. The van der Waals surface area contributed by atoms with Gasteiger partial charge in [-0.3, -0.25) is 4.79 Å². The Morgan fingerprint density at radius 1 is 1.50 bits per heavy atom. The smallest absolute Gasteiger partial charge is 0.229 e. The van der Waals surface area contributed by atoms with Gasteiger partial charge in [0.05, 0.1) is 5.92 Å². The van der Waals surface area contributed by atoms with Crippen molar-refractivity contribution in [3.63, 3.8) is 0 Å². The first-order valence-electron chi connectivity index (χ1n) is 6.35. The molecule has 18 heavy (non-hydrogen) atoms. The Morgan fingerprint density at radius 2 is 2.28 bits per heavy atom. The summed E-state index contributed by atoms with van der Waals surface area (Å²) in [5, 5.41) is 3.08. The molecule has 0 saturated heterocycles. The van der Waals surface area contributed by atoms with Gasteiger partial charge < -0.3 is 10.2 Å². The fourth-order valence-electron chi connectivity index (χ4n) is 2.25. The van der Waals surface area contributed by atoms with E-state index in [0.29, 0.717) is 0 Å². The van der Waals surface area contributed by atoms with Crippen LogP contribution in [0.1, 0.15) is 17.9 Å². The molecule has 0 spiro atoms. The van der Waals surface area contributed by atoms with Crippen LogP contribution in [-0.2, 0) is 4.79 Å². The zero-order valence-electron chi connectivity index (χ0n) is 11.0. The van der Waals surface area contributed by atoms with E-state index < -0.39 is 0 Å². The van der Waals surface area contributed by atoms with Crippen LogP contribution >= 0.6 is 11.8 Å². The molecule has 0 radical (unpaired) electrons. The highest BCUT2D eigenvalue weighted by molar-refractivity contribution is 7.99. The predicted octanol–water partition coefficient (Wildman–Crippen LogP) is 1.94. The molecular weight excluding hydrogens is 244 g/mol. The number of fused-ring (bicyclic) bond motifs is 1. The van der Waals surface area contributed by atoms with Gasteiger partial charge in [0, 0.05) is 25.0 Å². The Bertz CT molecular complexity index is 422. The first-order valence-corrected chi connectivity index (χ1v) is 7.34. The van der Waals surface area contributed by atoms with Crippen LogP contribution in [0.4, 0.5) is 0 Å². The molecule has 1 aromatic rings. The second-order valence-electron chi connectivity index (χ2n) is 4.59. The van der Waals surface area contributed by atoms with Gasteiger partial charge in [-0.1, -0.05) is 18.2 Å². The third kappa shape index (κ3) is 2.87. The average Bonchev–Trinajstić information content (AvgIpc) is 2.43. The van der Waals surface area contributed by atoms with Crippen molar-refractivity contribution in [1.29, 1.82) is 0 Å². The highest BCUT2D eigenvalue weighted by Gasteiger charge is 2.28. The Hall–Kier alpha value is -1.00. The third-order valence-corrected chi connectivity index (χ3v) is 4.45. The molecule has 1 heterocycles. The van der Waals surface area contributed by atoms with Gasteiger partial charge in [0.15, 0.2) is 0 Å². The lowest BCUT2D eigenvalue weighted by Crippen LogP contribution is -2.37. The molecule has 1 aliphatic rings. The third-order valence-electron chi connectivity index (χ3n) is 3.33. The molecule has 1 amide bonds. The summed E-state index contributed by atoms with van der Waals surface area (Å²) in [6.45, 7) is 1.60. The summed E-state index contributed by atoms with van der Waals surface area (Å²) in [7, 11) is 3.80. The van der Waals surface area contributed by atoms with E-state index in [1.807, 2.05) is 42.9 Å². The van der Waals surface area contributed by atoms with Crippen LogP contribution in [0.25, 0.3) is 0 Å². The second kappa shape index (κ2) is 6.25. The van der Waals surface area contributed by atoms with Crippen LogP contribution in [0.15, 0.2) is 29.2 Å². The summed E-state index contributed by atoms with van der Waals surface area (Å²) >= 11 is 1.86. The number of nitrogens with one attached hydrogen (secondary N) is 1. The largest absolute Gasteiger partial charge is 0.344 e. The molecule has 0 aromatic heterocycles. The van der Waals surface area contributed by atoms with Gasteiger partial charge in [-0.2, -0.15) is 0 Å². The first-order chi connectivity index (χ1) is 8.74. The minimum absolute atomic E-state index is 0.0457. The average molecular weight is 264 g/mol. The number of benzene rings is 1. The van der Waals surface area contributed by atoms with Crippen molar-refractivity contribution in [3.05, 3.63) is 29.8 Å². The molecule has 1 atom stereocenters. The number of nitrogens with zero attached hydrogens (tertiary/aromatic N) is 1. The molecule has 4 heteroatoms. The summed E-state index contributed by atoms with van der Waals surface area (Å²) in [5.41, 5.74) is 1.20. The zero-order chi connectivity index (χ0) is 13.0. The molecule has 1 aromatic carbocycles. The zero-order valence-corrected chi connectivity index (χ0v) is 11.8. The standard InChI is InChI=1S/C14H20N2OS/c1-15-8-9-16(2)14(17)12-7-10-18-13-6-4-3-5-11(12)13/h3-6,12,15H,7-10H2,1-2H3. The molecule has 98 valence electrons. The maximum Gasteiger partial charge on any atom is 0.229 e. The van der Waals surface area contributed by atoms with Crippen molar-refractivity contribution in [1.82, 2.24) is 10.2 Å². The van der Waals surface area contributed by atoms with E-state index in [4.69, 9.17) is 0 Å². The van der Waals surface area contributed by atoms with Crippen molar-refractivity contribution in [2.75, 3.05) is 32.9 Å². The van der Waals surface area contributed by atoms with E-state index in [-0.39, 0.29) is 11.8 Å². The number of hydrogen-bond donors (Lipinski definition) is 1. The first kappa shape index (κ1) is 13.4.